The van der Waals surface area contributed by atoms with E-state index < -0.39 is 0 Å². The van der Waals surface area contributed by atoms with E-state index in [-0.39, 0.29) is 6.04 Å². The Hall–Kier alpha value is -1.22. The maximum atomic E-state index is 6.31. The van der Waals surface area contributed by atoms with Crippen LogP contribution >= 0.6 is 23.2 Å². The van der Waals surface area contributed by atoms with Crippen molar-refractivity contribution >= 4 is 23.2 Å². The molecule has 1 unspecified atom stereocenters. The summed E-state index contributed by atoms with van der Waals surface area (Å²) >= 11 is 12.4. The molecule has 21 heavy (non-hydrogen) atoms. The van der Waals surface area contributed by atoms with E-state index in [2.05, 4.69) is 18.3 Å². The van der Waals surface area contributed by atoms with Crippen LogP contribution in [0.25, 0.3) is 0 Å². The van der Waals surface area contributed by atoms with E-state index in [0.717, 1.165) is 23.3 Å². The number of aryl methyl sites for hydroxylation is 1. The average molecular weight is 324 g/mol. The lowest BCUT2D eigenvalue weighted by Gasteiger charge is -2.20. The number of hydrogen-bond donors (Lipinski definition) is 1. The number of ether oxygens (including phenoxy) is 1. The topological polar surface area (TPSA) is 21.3 Å². The minimum Gasteiger partial charge on any atom is -0.496 e. The third kappa shape index (κ3) is 3.91. The summed E-state index contributed by atoms with van der Waals surface area (Å²) in [5.41, 5.74) is 3.35. The van der Waals surface area contributed by atoms with Crippen LogP contribution in [0.1, 0.15) is 22.7 Å². The van der Waals surface area contributed by atoms with Crippen molar-refractivity contribution in [2.45, 2.75) is 19.4 Å². The standard InChI is InChI=1S/C17H19Cl2NO/c1-11-4-7-17(21-3)12(8-11)9-16(20-2)14-10-13(18)5-6-15(14)19/h4-8,10,16,20H,9H2,1-3H3. The third-order valence-corrected chi connectivity index (χ3v) is 4.12. The molecule has 2 nitrogen and oxygen atoms in total. The molecule has 0 spiro atoms. The molecule has 0 amide bonds. The summed E-state index contributed by atoms with van der Waals surface area (Å²) in [6, 6.07) is 11.8. The molecule has 1 N–H and O–H groups in total. The van der Waals surface area contributed by atoms with E-state index in [1.165, 1.54) is 5.56 Å². The first kappa shape index (κ1) is 16.2. The van der Waals surface area contributed by atoms with E-state index in [4.69, 9.17) is 27.9 Å². The summed E-state index contributed by atoms with van der Waals surface area (Å²) in [5.74, 6) is 0.888. The first-order valence-corrected chi connectivity index (χ1v) is 7.56. The Morgan fingerprint density at radius 3 is 2.57 bits per heavy atom. The van der Waals surface area contributed by atoms with Gasteiger partial charge in [0.25, 0.3) is 0 Å². The fraction of sp³-hybridized carbons (Fsp3) is 0.294. The van der Waals surface area contributed by atoms with Gasteiger partial charge in [-0.25, -0.2) is 0 Å². The van der Waals surface area contributed by atoms with Gasteiger partial charge in [0.15, 0.2) is 0 Å². The van der Waals surface area contributed by atoms with Crippen molar-refractivity contribution in [2.75, 3.05) is 14.2 Å². The molecule has 2 aromatic carbocycles. The van der Waals surface area contributed by atoms with Crippen molar-refractivity contribution in [1.82, 2.24) is 5.32 Å². The van der Waals surface area contributed by atoms with Gasteiger partial charge < -0.3 is 10.1 Å². The van der Waals surface area contributed by atoms with Gasteiger partial charge in [-0.2, -0.15) is 0 Å². The predicted molar refractivity (Wildman–Crippen MR) is 89.7 cm³/mol. The van der Waals surface area contributed by atoms with Crippen LogP contribution in [0.4, 0.5) is 0 Å². The van der Waals surface area contributed by atoms with Gasteiger partial charge in [-0.3, -0.25) is 0 Å². The second-order valence-electron chi connectivity index (χ2n) is 5.03. The molecule has 112 valence electrons. The van der Waals surface area contributed by atoms with Crippen molar-refractivity contribution in [3.05, 3.63) is 63.1 Å². The van der Waals surface area contributed by atoms with Crippen LogP contribution in [0.15, 0.2) is 36.4 Å². The summed E-state index contributed by atoms with van der Waals surface area (Å²) in [6.07, 6.45) is 0.779. The molecule has 1 atom stereocenters. The molecule has 0 aliphatic heterocycles. The summed E-state index contributed by atoms with van der Waals surface area (Å²) in [6.45, 7) is 2.07. The molecule has 0 aliphatic carbocycles. The fourth-order valence-electron chi connectivity index (χ4n) is 2.44. The van der Waals surface area contributed by atoms with Crippen LogP contribution in [0.5, 0.6) is 5.75 Å². The molecule has 0 saturated carbocycles. The highest BCUT2D eigenvalue weighted by Gasteiger charge is 2.16. The highest BCUT2D eigenvalue weighted by Crippen LogP contribution is 2.31. The molecule has 2 rings (SSSR count). The summed E-state index contributed by atoms with van der Waals surface area (Å²) in [4.78, 5) is 0. The molecule has 0 radical (unpaired) electrons. The van der Waals surface area contributed by atoms with E-state index >= 15 is 0 Å². The third-order valence-electron chi connectivity index (χ3n) is 3.54. The van der Waals surface area contributed by atoms with Crippen LogP contribution in [-0.4, -0.2) is 14.2 Å². The lowest BCUT2D eigenvalue weighted by atomic mass is 9.97. The number of halogens is 2. The number of benzene rings is 2. The Kier molecular flexibility index (Phi) is 5.51. The number of hydrogen-bond acceptors (Lipinski definition) is 2. The molecule has 4 heteroatoms. The first-order valence-electron chi connectivity index (χ1n) is 6.81. The van der Waals surface area contributed by atoms with E-state index in [9.17, 15) is 0 Å². The number of rotatable bonds is 5. The van der Waals surface area contributed by atoms with Crippen LogP contribution in [0.3, 0.4) is 0 Å². The minimum absolute atomic E-state index is 0.0758. The Bertz CT molecular complexity index is 628. The van der Waals surface area contributed by atoms with Crippen LogP contribution in [-0.2, 0) is 6.42 Å². The van der Waals surface area contributed by atoms with Crippen LogP contribution < -0.4 is 10.1 Å². The molecule has 0 aliphatic rings. The maximum Gasteiger partial charge on any atom is 0.122 e. The number of nitrogens with one attached hydrogen (secondary N) is 1. The van der Waals surface area contributed by atoms with E-state index in [0.29, 0.717) is 10.0 Å². The molecule has 0 heterocycles. The van der Waals surface area contributed by atoms with Gasteiger partial charge in [-0.15, -0.1) is 0 Å². The van der Waals surface area contributed by atoms with Crippen LogP contribution in [0.2, 0.25) is 10.0 Å². The van der Waals surface area contributed by atoms with Crippen molar-refractivity contribution in [3.63, 3.8) is 0 Å². The van der Waals surface area contributed by atoms with Gasteiger partial charge in [-0.1, -0.05) is 40.9 Å². The highest BCUT2D eigenvalue weighted by molar-refractivity contribution is 6.33. The molecular formula is C17H19Cl2NO. The lowest BCUT2D eigenvalue weighted by molar-refractivity contribution is 0.406. The normalized spacial score (nSPS) is 12.2. The fourth-order valence-corrected chi connectivity index (χ4v) is 2.87. The van der Waals surface area contributed by atoms with Gasteiger partial charge >= 0.3 is 0 Å². The van der Waals surface area contributed by atoms with Crippen LogP contribution in [0, 0.1) is 6.92 Å². The van der Waals surface area contributed by atoms with Crippen molar-refractivity contribution in [1.29, 1.82) is 0 Å². The quantitative estimate of drug-likeness (QED) is 0.852. The molecule has 0 aromatic heterocycles. The van der Waals surface area contributed by atoms with Gasteiger partial charge in [0, 0.05) is 16.1 Å². The maximum absolute atomic E-state index is 6.31. The molecule has 0 bridgehead atoms. The average Bonchev–Trinajstić information content (AvgIpc) is 2.47. The van der Waals surface area contributed by atoms with Gasteiger partial charge in [-0.05, 0) is 55.8 Å². The Labute approximate surface area is 136 Å². The SMILES string of the molecule is CNC(Cc1cc(C)ccc1OC)c1cc(Cl)ccc1Cl. The molecule has 0 fully saturated rings. The molecular weight excluding hydrogens is 305 g/mol. The molecule has 0 saturated heterocycles. The predicted octanol–water partition coefficient (Wildman–Crippen LogP) is 4.81. The largest absolute Gasteiger partial charge is 0.496 e. The Morgan fingerprint density at radius 1 is 1.14 bits per heavy atom. The molecule has 2 aromatic rings. The van der Waals surface area contributed by atoms with Gasteiger partial charge in [0.1, 0.15) is 5.75 Å². The highest BCUT2D eigenvalue weighted by atomic mass is 35.5. The monoisotopic (exact) mass is 323 g/mol. The number of methoxy groups -OCH3 is 1. The zero-order chi connectivity index (χ0) is 15.4. The van der Waals surface area contributed by atoms with E-state index in [1.54, 1.807) is 13.2 Å². The second kappa shape index (κ2) is 7.17. The Morgan fingerprint density at radius 2 is 1.90 bits per heavy atom. The zero-order valence-corrected chi connectivity index (χ0v) is 13.9. The van der Waals surface area contributed by atoms with Crippen molar-refractivity contribution in [3.8, 4) is 5.75 Å². The number of likely N-dealkylation sites (N-methyl/N-ethyl adjacent to an activating group) is 1. The first-order chi connectivity index (χ1) is 10.0. The minimum atomic E-state index is 0.0758. The van der Waals surface area contributed by atoms with Crippen molar-refractivity contribution < 1.29 is 4.74 Å². The summed E-state index contributed by atoms with van der Waals surface area (Å²) in [7, 11) is 3.61. The van der Waals surface area contributed by atoms with Gasteiger partial charge in [0.2, 0.25) is 0 Å². The summed E-state index contributed by atoms with van der Waals surface area (Å²) in [5, 5.41) is 4.71. The van der Waals surface area contributed by atoms with Gasteiger partial charge in [0.05, 0.1) is 7.11 Å². The van der Waals surface area contributed by atoms with Crippen molar-refractivity contribution in [2.24, 2.45) is 0 Å². The smallest absolute Gasteiger partial charge is 0.122 e. The summed E-state index contributed by atoms with van der Waals surface area (Å²) < 4.78 is 5.45. The van der Waals surface area contributed by atoms with E-state index in [1.807, 2.05) is 31.3 Å². The Balaban J connectivity index is 2.35. The zero-order valence-electron chi connectivity index (χ0n) is 12.4. The lowest BCUT2D eigenvalue weighted by Crippen LogP contribution is -2.19. The second-order valence-corrected chi connectivity index (χ2v) is 5.87.